The summed E-state index contributed by atoms with van der Waals surface area (Å²) in [4.78, 5) is 0. The molecule has 0 fully saturated rings. The van der Waals surface area contributed by atoms with Crippen molar-refractivity contribution in [3.63, 3.8) is 0 Å². The summed E-state index contributed by atoms with van der Waals surface area (Å²) in [5, 5.41) is 18.7. The average Bonchev–Trinajstić information content (AvgIpc) is 2.17. The third kappa shape index (κ3) is 2.99. The Labute approximate surface area is 97.9 Å². The van der Waals surface area contributed by atoms with E-state index in [9.17, 15) is 5.11 Å². The molecule has 0 saturated carbocycles. The van der Waals surface area contributed by atoms with E-state index in [1.54, 1.807) is 0 Å². The minimum atomic E-state index is 0.0238. The number of rotatable bonds is 3. The molecular formula is C14H22O2. The maximum Gasteiger partial charge on any atom is 0.118 e. The summed E-state index contributed by atoms with van der Waals surface area (Å²) >= 11 is 0. The molecule has 0 saturated heterocycles. The highest BCUT2D eigenvalue weighted by molar-refractivity contribution is 5.44. The van der Waals surface area contributed by atoms with Crippen molar-refractivity contribution in [2.24, 2.45) is 0 Å². The summed E-state index contributed by atoms with van der Waals surface area (Å²) in [6.45, 7) is 8.53. The first-order valence-electron chi connectivity index (χ1n) is 5.80. The van der Waals surface area contributed by atoms with Gasteiger partial charge in [-0.25, -0.2) is 0 Å². The quantitative estimate of drug-likeness (QED) is 0.825. The van der Waals surface area contributed by atoms with Crippen LogP contribution in [0.2, 0.25) is 0 Å². The highest BCUT2D eigenvalue weighted by Gasteiger charge is 2.19. The zero-order valence-electron chi connectivity index (χ0n) is 10.7. The molecule has 0 aromatic heterocycles. The van der Waals surface area contributed by atoms with E-state index in [2.05, 4.69) is 20.8 Å². The fourth-order valence-electron chi connectivity index (χ4n) is 1.93. The van der Waals surface area contributed by atoms with Crippen LogP contribution in [0, 0.1) is 6.92 Å². The van der Waals surface area contributed by atoms with Gasteiger partial charge in [-0.15, -0.1) is 0 Å². The average molecular weight is 222 g/mol. The molecule has 0 aliphatic carbocycles. The normalized spacial score (nSPS) is 11.8. The van der Waals surface area contributed by atoms with Crippen molar-refractivity contribution in [3.05, 3.63) is 28.8 Å². The largest absolute Gasteiger partial charge is 0.508 e. The molecule has 1 aromatic carbocycles. The van der Waals surface area contributed by atoms with Crippen LogP contribution in [-0.4, -0.2) is 16.8 Å². The number of aryl methyl sites for hydroxylation is 2. The monoisotopic (exact) mass is 222 g/mol. The molecular weight excluding hydrogens is 200 g/mol. The number of benzene rings is 1. The second-order valence-electron chi connectivity index (χ2n) is 5.37. The fraction of sp³-hybridized carbons (Fsp3) is 0.571. The van der Waals surface area contributed by atoms with Gasteiger partial charge in [-0.2, -0.15) is 0 Å². The molecule has 1 rings (SSSR count). The molecule has 0 radical (unpaired) electrons. The van der Waals surface area contributed by atoms with E-state index >= 15 is 0 Å². The maximum atomic E-state index is 9.76. The SMILES string of the molecule is Cc1cc(CCCO)c(C(C)(C)C)cc1O. The van der Waals surface area contributed by atoms with Gasteiger partial charge < -0.3 is 10.2 Å². The molecule has 0 atom stereocenters. The van der Waals surface area contributed by atoms with Crippen LogP contribution >= 0.6 is 0 Å². The molecule has 0 bridgehead atoms. The van der Waals surface area contributed by atoms with E-state index in [1.165, 1.54) is 11.1 Å². The zero-order valence-corrected chi connectivity index (χ0v) is 10.7. The summed E-state index contributed by atoms with van der Waals surface area (Å²) < 4.78 is 0. The first-order valence-corrected chi connectivity index (χ1v) is 5.80. The summed E-state index contributed by atoms with van der Waals surface area (Å²) in [5.41, 5.74) is 3.33. The lowest BCUT2D eigenvalue weighted by atomic mass is 9.82. The van der Waals surface area contributed by atoms with E-state index in [-0.39, 0.29) is 12.0 Å². The highest BCUT2D eigenvalue weighted by Crippen LogP contribution is 2.31. The predicted octanol–water partition coefficient (Wildman–Crippen LogP) is 2.92. The van der Waals surface area contributed by atoms with Crippen molar-refractivity contribution in [3.8, 4) is 5.75 Å². The van der Waals surface area contributed by atoms with Gasteiger partial charge in [-0.1, -0.05) is 26.8 Å². The van der Waals surface area contributed by atoms with E-state index in [4.69, 9.17) is 5.11 Å². The second-order valence-corrected chi connectivity index (χ2v) is 5.37. The molecule has 16 heavy (non-hydrogen) atoms. The van der Waals surface area contributed by atoms with Crippen LogP contribution < -0.4 is 0 Å². The van der Waals surface area contributed by atoms with E-state index in [0.717, 1.165) is 18.4 Å². The highest BCUT2D eigenvalue weighted by atomic mass is 16.3. The Kier molecular flexibility index (Phi) is 3.98. The minimum Gasteiger partial charge on any atom is -0.508 e. The Morgan fingerprint density at radius 3 is 2.31 bits per heavy atom. The van der Waals surface area contributed by atoms with Crippen LogP contribution in [0.25, 0.3) is 0 Å². The first kappa shape index (κ1) is 13.0. The van der Waals surface area contributed by atoms with Crippen molar-refractivity contribution < 1.29 is 10.2 Å². The summed E-state index contributed by atoms with van der Waals surface area (Å²) in [6, 6.07) is 3.90. The molecule has 2 nitrogen and oxygen atoms in total. The third-order valence-electron chi connectivity index (χ3n) is 2.83. The van der Waals surface area contributed by atoms with Crippen LogP contribution in [0.3, 0.4) is 0 Å². The lowest BCUT2D eigenvalue weighted by Crippen LogP contribution is -2.14. The van der Waals surface area contributed by atoms with E-state index < -0.39 is 0 Å². The van der Waals surface area contributed by atoms with E-state index in [1.807, 2.05) is 19.1 Å². The van der Waals surface area contributed by atoms with Gasteiger partial charge >= 0.3 is 0 Å². The standard InChI is InChI=1S/C14H22O2/c1-10-8-11(6-5-7-15)12(9-13(10)16)14(2,3)4/h8-9,15-16H,5-7H2,1-4H3. The van der Waals surface area contributed by atoms with Crippen molar-refractivity contribution in [2.45, 2.75) is 46.0 Å². The Morgan fingerprint density at radius 1 is 1.19 bits per heavy atom. The zero-order chi connectivity index (χ0) is 12.3. The Morgan fingerprint density at radius 2 is 1.81 bits per heavy atom. The van der Waals surface area contributed by atoms with Crippen LogP contribution in [-0.2, 0) is 11.8 Å². The third-order valence-corrected chi connectivity index (χ3v) is 2.83. The summed E-state index contributed by atoms with van der Waals surface area (Å²) in [6.07, 6.45) is 1.64. The van der Waals surface area contributed by atoms with Gasteiger partial charge in [-0.3, -0.25) is 0 Å². The molecule has 2 N–H and O–H groups in total. The molecule has 0 spiro atoms. The number of aliphatic hydroxyl groups is 1. The number of phenolic OH excluding ortho intramolecular Hbond substituents is 1. The van der Waals surface area contributed by atoms with Crippen molar-refractivity contribution in [1.82, 2.24) is 0 Å². The van der Waals surface area contributed by atoms with Crippen LogP contribution in [0.4, 0.5) is 0 Å². The summed E-state index contributed by atoms with van der Waals surface area (Å²) in [5.74, 6) is 0.359. The number of phenols is 1. The molecule has 0 aliphatic heterocycles. The van der Waals surface area contributed by atoms with Crippen LogP contribution in [0.1, 0.15) is 43.9 Å². The Hall–Kier alpha value is -1.02. The number of aliphatic hydroxyl groups excluding tert-OH is 1. The molecule has 0 amide bonds. The number of hydrogen-bond acceptors (Lipinski definition) is 2. The first-order chi connectivity index (χ1) is 7.36. The van der Waals surface area contributed by atoms with Gasteiger partial charge in [0.05, 0.1) is 0 Å². The molecule has 90 valence electrons. The summed E-state index contributed by atoms with van der Waals surface area (Å²) in [7, 11) is 0. The van der Waals surface area contributed by atoms with Gasteiger partial charge in [0.15, 0.2) is 0 Å². The van der Waals surface area contributed by atoms with Gasteiger partial charge in [0.2, 0.25) is 0 Å². The topological polar surface area (TPSA) is 40.5 Å². The lowest BCUT2D eigenvalue weighted by Gasteiger charge is -2.24. The van der Waals surface area contributed by atoms with Gasteiger partial charge in [-0.05, 0) is 47.9 Å². The Bertz CT molecular complexity index is 362. The molecule has 0 heterocycles. The van der Waals surface area contributed by atoms with Gasteiger partial charge in [0.25, 0.3) is 0 Å². The maximum absolute atomic E-state index is 9.76. The fourth-order valence-corrected chi connectivity index (χ4v) is 1.93. The molecule has 0 aliphatic rings. The number of hydrogen-bond donors (Lipinski definition) is 2. The second kappa shape index (κ2) is 4.88. The van der Waals surface area contributed by atoms with Crippen molar-refractivity contribution in [1.29, 1.82) is 0 Å². The lowest BCUT2D eigenvalue weighted by molar-refractivity contribution is 0.288. The molecule has 0 unspecified atom stereocenters. The van der Waals surface area contributed by atoms with Gasteiger partial charge in [0.1, 0.15) is 5.75 Å². The predicted molar refractivity (Wildman–Crippen MR) is 67.0 cm³/mol. The molecule has 2 heteroatoms. The Balaban J connectivity index is 3.17. The number of aromatic hydroxyl groups is 1. The smallest absolute Gasteiger partial charge is 0.118 e. The van der Waals surface area contributed by atoms with Crippen LogP contribution in [0.15, 0.2) is 12.1 Å². The van der Waals surface area contributed by atoms with Crippen molar-refractivity contribution >= 4 is 0 Å². The van der Waals surface area contributed by atoms with Crippen LogP contribution in [0.5, 0.6) is 5.75 Å². The van der Waals surface area contributed by atoms with Gasteiger partial charge in [0, 0.05) is 6.61 Å². The van der Waals surface area contributed by atoms with Crippen molar-refractivity contribution in [2.75, 3.05) is 6.61 Å². The molecule has 1 aromatic rings. The van der Waals surface area contributed by atoms with E-state index in [0.29, 0.717) is 5.75 Å². The minimum absolute atomic E-state index is 0.0238.